The predicted octanol–water partition coefficient (Wildman–Crippen LogP) is 2.75. The van der Waals surface area contributed by atoms with Crippen LogP contribution in [0.15, 0.2) is 24.3 Å². The number of aliphatic hydroxyl groups excluding tert-OH is 1. The minimum Gasteiger partial charge on any atom is -0.493 e. The average Bonchev–Trinajstić information content (AvgIpc) is 2.28. The lowest BCUT2D eigenvalue weighted by Gasteiger charge is -2.08. The van der Waals surface area contributed by atoms with Crippen LogP contribution in [-0.4, -0.2) is 24.5 Å². The molecule has 0 unspecified atom stereocenters. The van der Waals surface area contributed by atoms with Crippen molar-refractivity contribution in [3.05, 3.63) is 29.8 Å². The van der Waals surface area contributed by atoms with Gasteiger partial charge in [0.05, 0.1) is 19.6 Å². The Hall–Kier alpha value is -1.67. The molecule has 1 N–H and O–H groups in total. The predicted molar refractivity (Wildman–Crippen MR) is 61.2 cm³/mol. The molecule has 0 bridgehead atoms. The molecule has 1 aromatic rings. The first-order valence-electron chi connectivity index (χ1n) is 5.40. The minimum atomic E-state index is -4.21. The van der Waals surface area contributed by atoms with Gasteiger partial charge in [0.2, 0.25) is 0 Å². The van der Waals surface area contributed by atoms with Crippen molar-refractivity contribution in [1.29, 1.82) is 0 Å². The maximum atomic E-state index is 11.9. The third-order valence-corrected chi connectivity index (χ3v) is 1.96. The number of hydrogen-bond acceptors (Lipinski definition) is 2. The van der Waals surface area contributed by atoms with Crippen molar-refractivity contribution >= 4 is 0 Å². The van der Waals surface area contributed by atoms with Gasteiger partial charge in [-0.15, -0.1) is 0 Å². The molecule has 5 heteroatoms. The van der Waals surface area contributed by atoms with Crippen LogP contribution in [0.1, 0.15) is 18.4 Å². The molecule has 0 amide bonds. The lowest BCUT2D eigenvalue weighted by atomic mass is 10.2. The molecule has 0 fully saturated rings. The minimum absolute atomic E-state index is 0.0191. The number of aliphatic hydroxyl groups is 1. The lowest BCUT2D eigenvalue weighted by molar-refractivity contribution is -0.139. The summed E-state index contributed by atoms with van der Waals surface area (Å²) in [4.78, 5) is 0. The molecule has 2 nitrogen and oxygen atoms in total. The second-order valence-electron chi connectivity index (χ2n) is 3.52. The van der Waals surface area contributed by atoms with E-state index in [2.05, 4.69) is 11.8 Å². The fourth-order valence-electron chi connectivity index (χ4n) is 1.17. The van der Waals surface area contributed by atoms with Crippen molar-refractivity contribution < 1.29 is 23.0 Å². The highest BCUT2D eigenvalue weighted by Crippen LogP contribution is 2.20. The number of ether oxygens (including phenoxy) is 1. The molecule has 98 valence electrons. The van der Waals surface area contributed by atoms with Gasteiger partial charge in [0.25, 0.3) is 0 Å². The van der Waals surface area contributed by atoms with Crippen molar-refractivity contribution in [2.24, 2.45) is 0 Å². The third kappa shape index (κ3) is 6.16. The summed E-state index contributed by atoms with van der Waals surface area (Å²) < 4.78 is 40.7. The summed E-state index contributed by atoms with van der Waals surface area (Å²) in [5, 5.41) is 8.56. The maximum absolute atomic E-state index is 11.9. The number of hydrogen-bond donors (Lipinski definition) is 1. The number of alkyl halides is 3. The molecule has 0 aliphatic heterocycles. The normalized spacial score (nSPS) is 10.7. The molecule has 0 aromatic heterocycles. The van der Waals surface area contributed by atoms with Gasteiger partial charge in [0.1, 0.15) is 5.75 Å². The first-order chi connectivity index (χ1) is 8.51. The first-order valence-corrected chi connectivity index (χ1v) is 5.40. The number of benzene rings is 1. The molecule has 1 rings (SSSR count). The van der Waals surface area contributed by atoms with Crippen LogP contribution < -0.4 is 4.74 Å². The van der Waals surface area contributed by atoms with Crippen molar-refractivity contribution in [1.82, 2.24) is 0 Å². The van der Waals surface area contributed by atoms with Crippen LogP contribution in [0, 0.1) is 11.8 Å². The summed E-state index contributed by atoms with van der Waals surface area (Å²) in [7, 11) is 0. The largest absolute Gasteiger partial charge is 0.493 e. The van der Waals surface area contributed by atoms with Gasteiger partial charge >= 0.3 is 6.18 Å². The highest BCUT2D eigenvalue weighted by atomic mass is 19.4. The second kappa shape index (κ2) is 6.92. The Balaban J connectivity index is 2.53. The monoisotopic (exact) mass is 258 g/mol. The van der Waals surface area contributed by atoms with Crippen LogP contribution in [0.4, 0.5) is 13.2 Å². The van der Waals surface area contributed by atoms with Crippen LogP contribution in [0.5, 0.6) is 5.75 Å². The van der Waals surface area contributed by atoms with E-state index in [0.717, 1.165) is 0 Å². The van der Waals surface area contributed by atoms with E-state index in [1.165, 1.54) is 0 Å². The van der Waals surface area contributed by atoms with Gasteiger partial charge in [-0.1, -0.05) is 17.9 Å². The summed E-state index contributed by atoms with van der Waals surface area (Å²) in [6, 6.07) is 6.53. The van der Waals surface area contributed by atoms with E-state index in [9.17, 15) is 13.2 Å². The van der Waals surface area contributed by atoms with Crippen LogP contribution in [0.2, 0.25) is 0 Å². The highest BCUT2D eigenvalue weighted by Gasteiger charge is 2.26. The van der Waals surface area contributed by atoms with Gasteiger partial charge in [-0.3, -0.25) is 0 Å². The molecule has 1 aromatic carbocycles. The average molecular weight is 258 g/mol. The lowest BCUT2D eigenvalue weighted by Crippen LogP contribution is -2.12. The molecule has 0 heterocycles. The number of rotatable bonds is 4. The zero-order valence-electron chi connectivity index (χ0n) is 9.63. The Kier molecular flexibility index (Phi) is 5.53. The van der Waals surface area contributed by atoms with Crippen molar-refractivity contribution in [2.45, 2.75) is 19.0 Å². The molecular weight excluding hydrogens is 245 g/mol. The standard InChI is InChI=1S/C13H13F3O2/c14-13(15,16)7-9-18-12-6-3-5-11(10-12)4-1-2-8-17/h3,5-6,10,17H,2,7-9H2. The van der Waals surface area contributed by atoms with Gasteiger partial charge < -0.3 is 9.84 Å². The van der Waals surface area contributed by atoms with Crippen molar-refractivity contribution in [2.75, 3.05) is 13.2 Å². The summed E-state index contributed by atoms with van der Waals surface area (Å²) in [6.07, 6.45) is -4.83. The molecule has 0 spiro atoms. The van der Waals surface area contributed by atoms with Gasteiger partial charge in [-0.25, -0.2) is 0 Å². The van der Waals surface area contributed by atoms with Crippen LogP contribution in [0.3, 0.4) is 0 Å². The number of halogens is 3. The topological polar surface area (TPSA) is 29.5 Å². The maximum Gasteiger partial charge on any atom is 0.392 e. The van der Waals surface area contributed by atoms with Gasteiger partial charge in [-0.2, -0.15) is 13.2 Å². The Morgan fingerprint density at radius 1 is 1.28 bits per heavy atom. The van der Waals surface area contributed by atoms with Crippen molar-refractivity contribution in [3.63, 3.8) is 0 Å². The molecule has 0 aliphatic rings. The third-order valence-electron chi connectivity index (χ3n) is 1.96. The molecule has 0 aliphatic carbocycles. The first kappa shape index (κ1) is 14.4. The van der Waals surface area contributed by atoms with E-state index < -0.39 is 19.2 Å². The Bertz CT molecular complexity index is 430. The SMILES string of the molecule is OCCC#Cc1cccc(OCCC(F)(F)F)c1. The van der Waals surface area contributed by atoms with E-state index in [-0.39, 0.29) is 6.61 Å². The molecule has 0 saturated heterocycles. The summed E-state index contributed by atoms with van der Waals surface area (Å²) in [5.74, 6) is 5.86. The van der Waals surface area contributed by atoms with Crippen LogP contribution >= 0.6 is 0 Å². The van der Waals surface area contributed by atoms with Gasteiger partial charge in [-0.05, 0) is 18.2 Å². The molecule has 0 atom stereocenters. The fourth-order valence-corrected chi connectivity index (χ4v) is 1.17. The highest BCUT2D eigenvalue weighted by molar-refractivity contribution is 5.39. The van der Waals surface area contributed by atoms with E-state index in [1.54, 1.807) is 24.3 Å². The molecular formula is C13H13F3O2. The zero-order chi connectivity index (χ0) is 13.4. The van der Waals surface area contributed by atoms with Crippen molar-refractivity contribution in [3.8, 4) is 17.6 Å². The Labute approximate surface area is 103 Å². The molecule has 18 heavy (non-hydrogen) atoms. The van der Waals surface area contributed by atoms with E-state index in [1.807, 2.05) is 0 Å². The van der Waals surface area contributed by atoms with E-state index in [4.69, 9.17) is 9.84 Å². The Morgan fingerprint density at radius 2 is 2.06 bits per heavy atom. The fraction of sp³-hybridized carbons (Fsp3) is 0.385. The Morgan fingerprint density at radius 3 is 2.72 bits per heavy atom. The van der Waals surface area contributed by atoms with Gasteiger partial charge in [0.15, 0.2) is 0 Å². The van der Waals surface area contributed by atoms with Gasteiger partial charge in [0, 0.05) is 12.0 Å². The summed E-state index contributed by atoms with van der Waals surface area (Å²) >= 11 is 0. The zero-order valence-corrected chi connectivity index (χ0v) is 9.63. The molecule has 0 saturated carbocycles. The summed E-state index contributed by atoms with van der Waals surface area (Å²) in [6.45, 7) is -0.425. The van der Waals surface area contributed by atoms with Crippen LogP contribution in [0.25, 0.3) is 0 Å². The smallest absolute Gasteiger partial charge is 0.392 e. The second-order valence-corrected chi connectivity index (χ2v) is 3.52. The van der Waals surface area contributed by atoms with Crippen LogP contribution in [-0.2, 0) is 0 Å². The van der Waals surface area contributed by atoms with E-state index in [0.29, 0.717) is 17.7 Å². The molecule has 0 radical (unpaired) electrons. The summed E-state index contributed by atoms with van der Waals surface area (Å²) in [5.41, 5.74) is 0.646. The van der Waals surface area contributed by atoms with E-state index >= 15 is 0 Å². The quantitative estimate of drug-likeness (QED) is 0.841.